The Morgan fingerprint density at radius 2 is 2.21 bits per heavy atom. The average molecular weight is 392 g/mol. The lowest BCUT2D eigenvalue weighted by molar-refractivity contribution is -0.209. The Morgan fingerprint density at radius 3 is 2.92 bits per heavy atom. The molecule has 1 atom stereocenters. The minimum atomic E-state index is -1.41. The lowest BCUT2D eigenvalue weighted by atomic mass is 10.0. The molecule has 7 heteroatoms. The van der Waals surface area contributed by atoms with Crippen molar-refractivity contribution in [1.29, 1.82) is 0 Å². The first kappa shape index (κ1) is 16.9. The molecule has 1 aliphatic rings. The van der Waals surface area contributed by atoms with Crippen molar-refractivity contribution in [2.45, 2.75) is 32.1 Å². The SMILES string of the molecule is COC1(C(=O)NC(C)C)CC(c2ccc3ncc(Br)cc3c2)=NO1. The molecule has 0 fully saturated rings. The number of nitrogens with one attached hydrogen (secondary N) is 1. The van der Waals surface area contributed by atoms with E-state index in [9.17, 15) is 4.79 Å². The van der Waals surface area contributed by atoms with E-state index in [1.165, 1.54) is 7.11 Å². The van der Waals surface area contributed by atoms with Crippen LogP contribution < -0.4 is 5.32 Å². The fourth-order valence-corrected chi connectivity index (χ4v) is 2.90. The van der Waals surface area contributed by atoms with E-state index in [1.54, 1.807) is 6.20 Å². The smallest absolute Gasteiger partial charge is 0.321 e. The van der Waals surface area contributed by atoms with Crippen LogP contribution in [0, 0.1) is 0 Å². The summed E-state index contributed by atoms with van der Waals surface area (Å²) in [5.74, 6) is -1.74. The molecule has 0 spiro atoms. The number of aromatic nitrogens is 1. The second kappa shape index (κ2) is 6.49. The van der Waals surface area contributed by atoms with Gasteiger partial charge in [-0.15, -0.1) is 0 Å². The number of pyridine rings is 1. The molecule has 1 N–H and O–H groups in total. The first-order chi connectivity index (χ1) is 11.4. The van der Waals surface area contributed by atoms with Crippen molar-refractivity contribution in [3.8, 4) is 0 Å². The highest BCUT2D eigenvalue weighted by Crippen LogP contribution is 2.29. The van der Waals surface area contributed by atoms with Gasteiger partial charge in [0.25, 0.3) is 5.91 Å². The van der Waals surface area contributed by atoms with Gasteiger partial charge < -0.3 is 14.9 Å². The molecule has 1 aromatic carbocycles. The van der Waals surface area contributed by atoms with Gasteiger partial charge in [-0.05, 0) is 48.0 Å². The molecule has 2 aromatic rings. The maximum Gasteiger partial charge on any atom is 0.321 e. The summed E-state index contributed by atoms with van der Waals surface area (Å²) < 4.78 is 6.25. The number of ether oxygens (including phenoxy) is 1. The molecule has 126 valence electrons. The van der Waals surface area contributed by atoms with Crippen molar-refractivity contribution in [3.63, 3.8) is 0 Å². The highest BCUT2D eigenvalue weighted by molar-refractivity contribution is 9.10. The van der Waals surface area contributed by atoms with Gasteiger partial charge in [-0.1, -0.05) is 11.2 Å². The number of carbonyl (C=O) groups excluding carboxylic acids is 1. The van der Waals surface area contributed by atoms with Crippen LogP contribution in [0.3, 0.4) is 0 Å². The van der Waals surface area contributed by atoms with Crippen molar-refractivity contribution in [1.82, 2.24) is 10.3 Å². The fourth-order valence-electron chi connectivity index (χ4n) is 2.55. The largest absolute Gasteiger partial charge is 0.349 e. The van der Waals surface area contributed by atoms with Crippen LogP contribution in [-0.2, 0) is 14.4 Å². The molecular weight excluding hydrogens is 374 g/mol. The maximum atomic E-state index is 12.4. The molecule has 6 nitrogen and oxygen atoms in total. The maximum absolute atomic E-state index is 12.4. The number of hydrogen-bond donors (Lipinski definition) is 1. The topological polar surface area (TPSA) is 72.8 Å². The third-order valence-corrected chi connectivity index (χ3v) is 4.21. The van der Waals surface area contributed by atoms with Crippen LogP contribution in [0.4, 0.5) is 0 Å². The summed E-state index contributed by atoms with van der Waals surface area (Å²) in [6, 6.07) is 7.78. The Labute approximate surface area is 148 Å². The molecule has 24 heavy (non-hydrogen) atoms. The summed E-state index contributed by atoms with van der Waals surface area (Å²) in [6.45, 7) is 3.76. The summed E-state index contributed by atoms with van der Waals surface area (Å²) in [7, 11) is 1.44. The zero-order valence-electron chi connectivity index (χ0n) is 13.7. The highest BCUT2D eigenvalue weighted by Gasteiger charge is 2.47. The van der Waals surface area contributed by atoms with Crippen LogP contribution in [0.2, 0.25) is 0 Å². The third kappa shape index (κ3) is 3.14. The first-order valence-corrected chi connectivity index (χ1v) is 8.40. The zero-order valence-corrected chi connectivity index (χ0v) is 15.3. The molecule has 1 amide bonds. The van der Waals surface area contributed by atoms with Gasteiger partial charge >= 0.3 is 5.79 Å². The Bertz CT molecular complexity index is 822. The molecule has 1 unspecified atom stereocenters. The van der Waals surface area contributed by atoms with E-state index in [-0.39, 0.29) is 18.4 Å². The highest BCUT2D eigenvalue weighted by atomic mass is 79.9. The predicted octanol–water partition coefficient (Wildman–Crippen LogP) is 2.99. The molecule has 1 aliphatic heterocycles. The second-order valence-electron chi connectivity index (χ2n) is 5.95. The van der Waals surface area contributed by atoms with Gasteiger partial charge in [0.05, 0.1) is 17.6 Å². The fraction of sp³-hybridized carbons (Fsp3) is 0.353. The van der Waals surface area contributed by atoms with Crippen LogP contribution in [-0.4, -0.2) is 35.5 Å². The van der Waals surface area contributed by atoms with E-state index in [0.29, 0.717) is 5.71 Å². The molecule has 0 saturated carbocycles. The van der Waals surface area contributed by atoms with Crippen molar-refractivity contribution >= 4 is 38.5 Å². The van der Waals surface area contributed by atoms with Crippen molar-refractivity contribution in [2.75, 3.05) is 7.11 Å². The molecular formula is C17H18BrN3O3. The lowest BCUT2D eigenvalue weighted by Gasteiger charge is -2.24. The molecule has 0 bridgehead atoms. The van der Waals surface area contributed by atoms with Crippen LogP contribution >= 0.6 is 15.9 Å². The molecule has 2 heterocycles. The zero-order chi connectivity index (χ0) is 17.3. The van der Waals surface area contributed by atoms with Crippen LogP contribution in [0.15, 0.2) is 40.1 Å². The number of fused-ring (bicyclic) bond motifs is 1. The molecule has 3 rings (SSSR count). The van der Waals surface area contributed by atoms with Gasteiger partial charge in [0.2, 0.25) is 0 Å². The Balaban J connectivity index is 1.87. The summed E-state index contributed by atoms with van der Waals surface area (Å²) in [5, 5.41) is 7.87. The molecule has 0 aliphatic carbocycles. The number of oxime groups is 1. The summed E-state index contributed by atoms with van der Waals surface area (Å²) >= 11 is 3.42. The minimum Gasteiger partial charge on any atom is -0.349 e. The Hall–Kier alpha value is -1.99. The van der Waals surface area contributed by atoms with Crippen LogP contribution in [0.25, 0.3) is 10.9 Å². The number of benzene rings is 1. The van der Waals surface area contributed by atoms with E-state index in [0.717, 1.165) is 20.9 Å². The van der Waals surface area contributed by atoms with Gasteiger partial charge in [0.15, 0.2) is 0 Å². The van der Waals surface area contributed by atoms with Gasteiger partial charge in [0, 0.05) is 34.8 Å². The van der Waals surface area contributed by atoms with Crippen molar-refractivity contribution in [3.05, 3.63) is 40.5 Å². The van der Waals surface area contributed by atoms with Crippen LogP contribution in [0.1, 0.15) is 25.8 Å². The van der Waals surface area contributed by atoms with E-state index in [4.69, 9.17) is 9.57 Å². The van der Waals surface area contributed by atoms with Crippen LogP contribution in [0.5, 0.6) is 0 Å². The van der Waals surface area contributed by atoms with Gasteiger partial charge in [-0.2, -0.15) is 0 Å². The molecule has 0 radical (unpaired) electrons. The quantitative estimate of drug-likeness (QED) is 0.869. The Morgan fingerprint density at radius 1 is 1.42 bits per heavy atom. The van der Waals surface area contributed by atoms with E-state index in [2.05, 4.69) is 31.4 Å². The Kier molecular flexibility index (Phi) is 4.56. The van der Waals surface area contributed by atoms with Gasteiger partial charge in [-0.3, -0.25) is 9.78 Å². The van der Waals surface area contributed by atoms with Gasteiger partial charge in [-0.25, -0.2) is 0 Å². The number of nitrogens with zero attached hydrogens (tertiary/aromatic N) is 2. The summed E-state index contributed by atoms with van der Waals surface area (Å²) in [4.78, 5) is 22.1. The van der Waals surface area contributed by atoms with E-state index < -0.39 is 5.79 Å². The number of rotatable bonds is 4. The average Bonchev–Trinajstić information content (AvgIpc) is 2.99. The van der Waals surface area contributed by atoms with E-state index >= 15 is 0 Å². The lowest BCUT2D eigenvalue weighted by Crippen LogP contribution is -2.50. The molecule has 1 aromatic heterocycles. The predicted molar refractivity (Wildman–Crippen MR) is 94.7 cm³/mol. The third-order valence-electron chi connectivity index (χ3n) is 3.78. The standard InChI is InChI=1S/C17H18BrN3O3/c1-10(2)20-16(22)17(23-3)8-15(21-24-17)11-4-5-14-12(6-11)7-13(18)9-19-14/h4-7,9-10H,8H2,1-3H3,(H,20,22). The second-order valence-corrected chi connectivity index (χ2v) is 6.87. The number of hydrogen-bond acceptors (Lipinski definition) is 5. The number of halogens is 1. The molecule has 0 saturated heterocycles. The first-order valence-electron chi connectivity index (χ1n) is 7.60. The van der Waals surface area contributed by atoms with E-state index in [1.807, 2.05) is 38.1 Å². The summed E-state index contributed by atoms with van der Waals surface area (Å²) in [6.07, 6.45) is 2.00. The summed E-state index contributed by atoms with van der Waals surface area (Å²) in [5.41, 5.74) is 2.42. The normalized spacial score (nSPS) is 20.1. The van der Waals surface area contributed by atoms with Gasteiger partial charge in [0.1, 0.15) is 0 Å². The minimum absolute atomic E-state index is 0.0127. The van der Waals surface area contributed by atoms with Crippen molar-refractivity contribution in [2.24, 2.45) is 5.16 Å². The number of methoxy groups -OCH3 is 1. The number of amides is 1. The number of carbonyl (C=O) groups is 1. The monoisotopic (exact) mass is 391 g/mol. The van der Waals surface area contributed by atoms with Crippen molar-refractivity contribution < 1.29 is 14.4 Å².